The van der Waals surface area contributed by atoms with Crippen LogP contribution in [0.25, 0.3) is 0 Å². The maximum atomic E-state index is 13.1. The lowest BCUT2D eigenvalue weighted by atomic mass is 10.1. The van der Waals surface area contributed by atoms with Crippen LogP contribution in [0.1, 0.15) is 27.6 Å². The van der Waals surface area contributed by atoms with E-state index in [4.69, 9.17) is 14.2 Å². The van der Waals surface area contributed by atoms with Crippen molar-refractivity contribution >= 4 is 23.5 Å². The SMILES string of the molecule is COc1ccc(C(=O)NCC(=O)OC(C(=O)Nc2cc(C)ccc2OC)c2ccccc2)cc1. The van der Waals surface area contributed by atoms with Crippen molar-refractivity contribution in [3.8, 4) is 11.5 Å². The summed E-state index contributed by atoms with van der Waals surface area (Å²) in [5.41, 5.74) is 2.22. The van der Waals surface area contributed by atoms with Crippen LogP contribution in [0.5, 0.6) is 11.5 Å². The molecular formula is C26H26N2O6. The summed E-state index contributed by atoms with van der Waals surface area (Å²) >= 11 is 0. The highest BCUT2D eigenvalue weighted by Crippen LogP contribution is 2.27. The summed E-state index contributed by atoms with van der Waals surface area (Å²) in [6.45, 7) is 1.48. The maximum Gasteiger partial charge on any atom is 0.326 e. The standard InChI is InChI=1S/C26H26N2O6/c1-17-9-14-22(33-3)21(15-17)28-26(31)24(18-7-5-4-6-8-18)34-23(29)16-27-25(30)19-10-12-20(32-2)13-11-19/h4-15,24H,16H2,1-3H3,(H,27,30)(H,28,31). The molecule has 0 fully saturated rings. The molecule has 3 rings (SSSR count). The third-order valence-electron chi connectivity index (χ3n) is 4.95. The topological polar surface area (TPSA) is 103 Å². The summed E-state index contributed by atoms with van der Waals surface area (Å²) < 4.78 is 15.8. The number of nitrogens with one attached hydrogen (secondary N) is 2. The van der Waals surface area contributed by atoms with Crippen LogP contribution in [0.2, 0.25) is 0 Å². The molecule has 0 saturated carbocycles. The summed E-state index contributed by atoms with van der Waals surface area (Å²) in [5.74, 6) is -0.682. The van der Waals surface area contributed by atoms with Crippen LogP contribution in [0, 0.1) is 6.92 Å². The number of benzene rings is 3. The third-order valence-corrected chi connectivity index (χ3v) is 4.95. The molecule has 0 aliphatic rings. The van der Waals surface area contributed by atoms with Crippen LogP contribution in [-0.4, -0.2) is 38.5 Å². The van der Waals surface area contributed by atoms with Crippen molar-refractivity contribution in [3.63, 3.8) is 0 Å². The van der Waals surface area contributed by atoms with Gasteiger partial charge in [0.1, 0.15) is 18.0 Å². The van der Waals surface area contributed by atoms with E-state index < -0.39 is 30.4 Å². The number of rotatable bonds is 9. The van der Waals surface area contributed by atoms with Gasteiger partial charge in [0.2, 0.25) is 6.10 Å². The van der Waals surface area contributed by atoms with E-state index in [9.17, 15) is 14.4 Å². The Morgan fingerprint density at radius 2 is 1.59 bits per heavy atom. The van der Waals surface area contributed by atoms with Crippen LogP contribution < -0.4 is 20.1 Å². The van der Waals surface area contributed by atoms with Crippen molar-refractivity contribution in [1.82, 2.24) is 5.32 Å². The van der Waals surface area contributed by atoms with E-state index in [1.807, 2.05) is 13.0 Å². The van der Waals surface area contributed by atoms with E-state index in [2.05, 4.69) is 10.6 Å². The lowest BCUT2D eigenvalue weighted by molar-refractivity contribution is -0.153. The highest BCUT2D eigenvalue weighted by Gasteiger charge is 2.26. The van der Waals surface area contributed by atoms with E-state index >= 15 is 0 Å². The molecule has 0 aromatic heterocycles. The van der Waals surface area contributed by atoms with Gasteiger partial charge in [0.05, 0.1) is 19.9 Å². The Labute approximate surface area is 197 Å². The van der Waals surface area contributed by atoms with Crippen molar-refractivity contribution in [2.75, 3.05) is 26.1 Å². The molecule has 3 aromatic rings. The second-order valence-electron chi connectivity index (χ2n) is 7.38. The summed E-state index contributed by atoms with van der Waals surface area (Å²) in [6.07, 6.45) is -1.23. The summed E-state index contributed by atoms with van der Waals surface area (Å²) in [7, 11) is 3.03. The molecule has 0 heterocycles. The summed E-state index contributed by atoms with van der Waals surface area (Å²) in [4.78, 5) is 38.0. The van der Waals surface area contributed by atoms with Gasteiger partial charge < -0.3 is 24.8 Å². The molecule has 1 atom stereocenters. The number of carbonyl (C=O) groups excluding carboxylic acids is 3. The molecule has 0 bridgehead atoms. The van der Waals surface area contributed by atoms with Gasteiger partial charge in [-0.2, -0.15) is 0 Å². The van der Waals surface area contributed by atoms with E-state index in [-0.39, 0.29) is 0 Å². The fourth-order valence-electron chi connectivity index (χ4n) is 3.19. The van der Waals surface area contributed by atoms with Crippen molar-refractivity contribution < 1.29 is 28.6 Å². The third kappa shape index (κ3) is 6.35. The van der Waals surface area contributed by atoms with Gasteiger partial charge in [-0.1, -0.05) is 36.4 Å². The Morgan fingerprint density at radius 1 is 0.882 bits per heavy atom. The smallest absolute Gasteiger partial charge is 0.326 e. The van der Waals surface area contributed by atoms with Crippen molar-refractivity contribution in [1.29, 1.82) is 0 Å². The number of hydrogen-bond donors (Lipinski definition) is 2. The van der Waals surface area contributed by atoms with Crippen molar-refractivity contribution in [2.24, 2.45) is 0 Å². The van der Waals surface area contributed by atoms with E-state index in [1.165, 1.54) is 14.2 Å². The van der Waals surface area contributed by atoms with E-state index in [0.29, 0.717) is 28.3 Å². The van der Waals surface area contributed by atoms with Gasteiger partial charge in [0, 0.05) is 11.1 Å². The molecule has 1 unspecified atom stereocenters. The Balaban J connectivity index is 1.70. The minimum Gasteiger partial charge on any atom is -0.497 e. The Hall–Kier alpha value is -4.33. The van der Waals surface area contributed by atoms with Gasteiger partial charge in [-0.25, -0.2) is 0 Å². The molecular weight excluding hydrogens is 436 g/mol. The van der Waals surface area contributed by atoms with Gasteiger partial charge in [-0.05, 0) is 48.9 Å². The minimum absolute atomic E-state index is 0.359. The Kier molecular flexibility index (Phi) is 8.23. The first kappa shape index (κ1) is 24.3. The summed E-state index contributed by atoms with van der Waals surface area (Å²) in [6, 6.07) is 20.4. The zero-order valence-corrected chi connectivity index (χ0v) is 19.2. The van der Waals surface area contributed by atoms with Gasteiger partial charge in [0.15, 0.2) is 0 Å². The average molecular weight is 463 g/mol. The van der Waals surface area contributed by atoms with Crippen molar-refractivity contribution in [2.45, 2.75) is 13.0 Å². The number of esters is 1. The molecule has 8 nitrogen and oxygen atoms in total. The zero-order chi connectivity index (χ0) is 24.5. The lowest BCUT2D eigenvalue weighted by Gasteiger charge is -2.19. The number of amides is 2. The molecule has 8 heteroatoms. The molecule has 2 N–H and O–H groups in total. The molecule has 34 heavy (non-hydrogen) atoms. The van der Waals surface area contributed by atoms with Gasteiger partial charge in [-0.3, -0.25) is 14.4 Å². The number of ether oxygens (including phenoxy) is 3. The number of aryl methyl sites for hydroxylation is 1. The van der Waals surface area contributed by atoms with Crippen LogP contribution in [-0.2, 0) is 14.3 Å². The highest BCUT2D eigenvalue weighted by atomic mass is 16.5. The summed E-state index contributed by atoms with van der Waals surface area (Å²) in [5, 5.41) is 5.27. The molecule has 3 aromatic carbocycles. The van der Waals surface area contributed by atoms with Crippen LogP contribution in [0.15, 0.2) is 72.8 Å². The fraction of sp³-hybridized carbons (Fsp3) is 0.192. The normalized spacial score (nSPS) is 11.1. The number of methoxy groups -OCH3 is 2. The maximum absolute atomic E-state index is 13.1. The van der Waals surface area contributed by atoms with Crippen LogP contribution >= 0.6 is 0 Å². The Bertz CT molecular complexity index is 1150. The molecule has 0 spiro atoms. The molecule has 0 aliphatic carbocycles. The predicted molar refractivity (Wildman–Crippen MR) is 127 cm³/mol. The average Bonchev–Trinajstić information content (AvgIpc) is 2.86. The molecule has 0 radical (unpaired) electrons. The first-order chi connectivity index (χ1) is 16.4. The number of carbonyl (C=O) groups is 3. The molecule has 0 aliphatic heterocycles. The second kappa shape index (κ2) is 11.5. The van der Waals surface area contributed by atoms with Gasteiger partial charge in [-0.15, -0.1) is 0 Å². The monoisotopic (exact) mass is 462 g/mol. The number of anilines is 1. The number of hydrogen-bond acceptors (Lipinski definition) is 6. The largest absolute Gasteiger partial charge is 0.497 e. The first-order valence-corrected chi connectivity index (χ1v) is 10.5. The quantitative estimate of drug-likeness (QED) is 0.471. The van der Waals surface area contributed by atoms with Gasteiger partial charge in [0.25, 0.3) is 11.8 Å². The van der Waals surface area contributed by atoms with Crippen LogP contribution in [0.3, 0.4) is 0 Å². The van der Waals surface area contributed by atoms with Crippen LogP contribution in [0.4, 0.5) is 5.69 Å². The minimum atomic E-state index is -1.23. The van der Waals surface area contributed by atoms with E-state index in [0.717, 1.165) is 5.56 Å². The first-order valence-electron chi connectivity index (χ1n) is 10.5. The highest BCUT2D eigenvalue weighted by molar-refractivity contribution is 5.98. The zero-order valence-electron chi connectivity index (χ0n) is 19.2. The fourth-order valence-corrected chi connectivity index (χ4v) is 3.19. The Morgan fingerprint density at radius 3 is 2.24 bits per heavy atom. The second-order valence-corrected chi connectivity index (χ2v) is 7.38. The van der Waals surface area contributed by atoms with Crippen molar-refractivity contribution in [3.05, 3.63) is 89.5 Å². The van der Waals surface area contributed by atoms with E-state index in [1.54, 1.807) is 66.7 Å². The lowest BCUT2D eigenvalue weighted by Crippen LogP contribution is -2.33. The van der Waals surface area contributed by atoms with Gasteiger partial charge >= 0.3 is 5.97 Å². The molecule has 176 valence electrons. The molecule has 2 amide bonds. The predicted octanol–water partition coefficient (Wildman–Crippen LogP) is 3.67. The molecule has 0 saturated heterocycles.